The Hall–Kier alpha value is -2.13. The first-order chi connectivity index (χ1) is 15.7. The highest BCUT2D eigenvalue weighted by Crippen LogP contribution is 2.37. The summed E-state index contributed by atoms with van der Waals surface area (Å²) in [7, 11) is -1.94. The summed E-state index contributed by atoms with van der Waals surface area (Å²) < 4.78 is 34.4. The van der Waals surface area contributed by atoms with E-state index in [2.05, 4.69) is 5.32 Å². The van der Waals surface area contributed by atoms with Gasteiger partial charge in [-0.3, -0.25) is 9.59 Å². The van der Waals surface area contributed by atoms with Gasteiger partial charge in [-0.2, -0.15) is 4.31 Å². The number of carbonyl (C=O) groups excluding carboxylic acids is 2. The van der Waals surface area contributed by atoms with E-state index in [-0.39, 0.29) is 35.2 Å². The highest BCUT2D eigenvalue weighted by atomic mass is 32.2. The molecular formula is C24H35N3O5S. The smallest absolute Gasteiger partial charge is 0.265 e. The van der Waals surface area contributed by atoms with Gasteiger partial charge < -0.3 is 15.0 Å². The van der Waals surface area contributed by atoms with Crippen molar-refractivity contribution in [2.24, 2.45) is 5.92 Å². The van der Waals surface area contributed by atoms with Gasteiger partial charge in [0.1, 0.15) is 5.75 Å². The van der Waals surface area contributed by atoms with Crippen LogP contribution in [0, 0.1) is 12.8 Å². The molecule has 2 unspecified atom stereocenters. The van der Waals surface area contributed by atoms with E-state index in [1.807, 2.05) is 18.9 Å². The van der Waals surface area contributed by atoms with Crippen molar-refractivity contribution >= 4 is 27.5 Å². The second kappa shape index (κ2) is 9.62. The number of benzene rings is 1. The molecule has 2 heterocycles. The van der Waals surface area contributed by atoms with Crippen LogP contribution in [0.25, 0.3) is 0 Å². The molecule has 1 aliphatic carbocycles. The molecule has 9 heteroatoms. The lowest BCUT2D eigenvalue weighted by Gasteiger charge is -2.37. The fourth-order valence-corrected chi connectivity index (χ4v) is 7.01. The molecule has 8 nitrogen and oxygen atoms in total. The molecule has 0 bridgehead atoms. The summed E-state index contributed by atoms with van der Waals surface area (Å²) in [5.74, 6) is -0.119. The lowest BCUT2D eigenvalue weighted by molar-refractivity contribution is -0.138. The van der Waals surface area contributed by atoms with Crippen molar-refractivity contribution in [1.29, 1.82) is 0 Å². The molecule has 0 aromatic heterocycles. The lowest BCUT2D eigenvalue weighted by Crippen LogP contribution is -2.48. The van der Waals surface area contributed by atoms with Gasteiger partial charge in [-0.05, 0) is 50.7 Å². The number of amides is 2. The van der Waals surface area contributed by atoms with E-state index in [0.29, 0.717) is 42.8 Å². The zero-order valence-electron chi connectivity index (χ0n) is 19.8. The number of nitrogens with zero attached hydrogens (tertiary/aromatic N) is 2. The molecule has 1 N–H and O–H groups in total. The largest absolute Gasteiger partial charge is 0.478 e. The fraction of sp³-hybridized carbons (Fsp3) is 0.667. The monoisotopic (exact) mass is 477 g/mol. The van der Waals surface area contributed by atoms with Crippen molar-refractivity contribution in [1.82, 2.24) is 9.21 Å². The molecule has 2 amide bonds. The second-order valence-electron chi connectivity index (χ2n) is 9.56. The van der Waals surface area contributed by atoms with Gasteiger partial charge >= 0.3 is 0 Å². The van der Waals surface area contributed by atoms with Crippen molar-refractivity contribution in [3.63, 3.8) is 0 Å². The number of sulfonamides is 1. The van der Waals surface area contributed by atoms with E-state index in [1.165, 1.54) is 16.8 Å². The Labute approximate surface area is 196 Å². The Morgan fingerprint density at radius 3 is 2.61 bits per heavy atom. The third-order valence-electron chi connectivity index (χ3n) is 7.29. The van der Waals surface area contributed by atoms with Crippen molar-refractivity contribution in [3.05, 3.63) is 17.7 Å². The van der Waals surface area contributed by atoms with Crippen LogP contribution in [0.3, 0.4) is 0 Å². The Balaban J connectivity index is 1.53. The Kier molecular flexibility index (Phi) is 7.00. The number of nitrogens with one attached hydrogen (secondary N) is 1. The molecule has 0 radical (unpaired) electrons. The average Bonchev–Trinajstić information content (AvgIpc) is 2.83. The molecule has 3 aliphatic rings. The quantitative estimate of drug-likeness (QED) is 0.702. The predicted molar refractivity (Wildman–Crippen MR) is 126 cm³/mol. The zero-order valence-corrected chi connectivity index (χ0v) is 20.6. The van der Waals surface area contributed by atoms with Crippen molar-refractivity contribution < 1.29 is 22.7 Å². The van der Waals surface area contributed by atoms with Crippen LogP contribution in [0.5, 0.6) is 5.75 Å². The summed E-state index contributed by atoms with van der Waals surface area (Å²) in [6, 6.07) is 3.43. The number of piperidine rings is 1. The first-order valence-electron chi connectivity index (χ1n) is 12.1. The molecule has 2 aliphatic heterocycles. The second-order valence-corrected chi connectivity index (χ2v) is 11.5. The van der Waals surface area contributed by atoms with Gasteiger partial charge in [0.15, 0.2) is 6.10 Å². The molecule has 2 fully saturated rings. The van der Waals surface area contributed by atoms with Gasteiger partial charge in [-0.1, -0.05) is 26.2 Å². The van der Waals surface area contributed by atoms with Crippen LogP contribution in [-0.2, 0) is 19.6 Å². The molecule has 0 spiro atoms. The summed E-state index contributed by atoms with van der Waals surface area (Å²) in [6.07, 6.45) is 6.79. The molecule has 182 valence electrons. The van der Waals surface area contributed by atoms with Crippen molar-refractivity contribution in [3.8, 4) is 5.75 Å². The van der Waals surface area contributed by atoms with Crippen molar-refractivity contribution in [2.75, 3.05) is 25.5 Å². The van der Waals surface area contributed by atoms with Crippen LogP contribution in [0.2, 0.25) is 0 Å². The Morgan fingerprint density at radius 1 is 1.18 bits per heavy atom. The van der Waals surface area contributed by atoms with Gasteiger partial charge in [0.05, 0.1) is 16.5 Å². The van der Waals surface area contributed by atoms with E-state index in [9.17, 15) is 18.0 Å². The summed E-state index contributed by atoms with van der Waals surface area (Å²) in [4.78, 5) is 27.3. The molecule has 1 aromatic rings. The standard InChI is InChI=1S/C24H35N3O5S/c1-4-20-23(28)25-19-13-16(2)22(14-21(19)32-20)33(30,31)27-12-8-9-17(15-27)24(29)26(3)18-10-6-5-7-11-18/h13-14,17-18,20H,4-12,15H2,1-3H3,(H,25,28). The highest BCUT2D eigenvalue weighted by molar-refractivity contribution is 7.89. The van der Waals surface area contributed by atoms with Crippen LogP contribution in [0.4, 0.5) is 5.69 Å². The number of hydrogen-bond acceptors (Lipinski definition) is 5. The summed E-state index contributed by atoms with van der Waals surface area (Å²) in [5, 5.41) is 2.80. The van der Waals surface area contributed by atoms with E-state index < -0.39 is 16.1 Å². The Bertz CT molecular complexity index is 1020. The molecule has 1 saturated heterocycles. The molecule has 4 rings (SSSR count). The fourth-order valence-electron chi connectivity index (χ4n) is 5.27. The van der Waals surface area contributed by atoms with Gasteiger partial charge in [0, 0.05) is 32.2 Å². The van der Waals surface area contributed by atoms with Crippen LogP contribution in [0.15, 0.2) is 17.0 Å². The van der Waals surface area contributed by atoms with Crippen LogP contribution in [-0.4, -0.2) is 61.7 Å². The summed E-state index contributed by atoms with van der Waals surface area (Å²) in [5.41, 5.74) is 1.03. The van der Waals surface area contributed by atoms with E-state index in [1.54, 1.807) is 13.0 Å². The first-order valence-corrected chi connectivity index (χ1v) is 13.6. The SMILES string of the molecule is CCC1Oc2cc(S(=O)(=O)N3CCCC(C(=O)N(C)C4CCCCC4)C3)c(C)cc2NC1=O. The number of hydrogen-bond donors (Lipinski definition) is 1. The first kappa shape index (κ1) is 24.0. The van der Waals surface area contributed by atoms with Crippen molar-refractivity contribution in [2.45, 2.75) is 82.3 Å². The zero-order chi connectivity index (χ0) is 23.8. The third-order valence-corrected chi connectivity index (χ3v) is 9.30. The summed E-state index contributed by atoms with van der Waals surface area (Å²) in [6.45, 7) is 4.15. The minimum absolute atomic E-state index is 0.0563. The Morgan fingerprint density at radius 2 is 1.91 bits per heavy atom. The molecule has 33 heavy (non-hydrogen) atoms. The maximum Gasteiger partial charge on any atom is 0.265 e. The van der Waals surface area contributed by atoms with E-state index in [0.717, 1.165) is 25.7 Å². The number of anilines is 1. The van der Waals surface area contributed by atoms with Gasteiger partial charge in [0.25, 0.3) is 5.91 Å². The normalized spacial score (nSPS) is 24.5. The molecular weight excluding hydrogens is 442 g/mol. The van der Waals surface area contributed by atoms with E-state index >= 15 is 0 Å². The number of fused-ring (bicyclic) bond motifs is 1. The minimum Gasteiger partial charge on any atom is -0.478 e. The topological polar surface area (TPSA) is 96.0 Å². The molecule has 1 saturated carbocycles. The third kappa shape index (κ3) is 4.75. The predicted octanol–water partition coefficient (Wildman–Crippen LogP) is 3.30. The van der Waals surface area contributed by atoms with Gasteiger partial charge in [-0.15, -0.1) is 0 Å². The number of aryl methyl sites for hydroxylation is 1. The van der Waals surface area contributed by atoms with Gasteiger partial charge in [-0.25, -0.2) is 8.42 Å². The van der Waals surface area contributed by atoms with Crippen LogP contribution < -0.4 is 10.1 Å². The molecule has 2 atom stereocenters. The van der Waals surface area contributed by atoms with Crippen LogP contribution >= 0.6 is 0 Å². The minimum atomic E-state index is -3.81. The molecule has 1 aromatic carbocycles. The lowest BCUT2D eigenvalue weighted by atomic mass is 9.92. The van der Waals surface area contributed by atoms with Crippen LogP contribution in [0.1, 0.15) is 63.9 Å². The number of ether oxygens (including phenoxy) is 1. The van der Waals surface area contributed by atoms with Gasteiger partial charge in [0.2, 0.25) is 15.9 Å². The van der Waals surface area contributed by atoms with E-state index in [4.69, 9.17) is 4.74 Å². The summed E-state index contributed by atoms with van der Waals surface area (Å²) >= 11 is 0. The number of carbonyl (C=O) groups is 2. The maximum absolute atomic E-state index is 13.6. The maximum atomic E-state index is 13.6. The number of rotatable bonds is 5. The average molecular weight is 478 g/mol. The highest BCUT2D eigenvalue weighted by Gasteiger charge is 2.37.